The monoisotopic (exact) mass is 356 g/mol. The average Bonchev–Trinajstić information content (AvgIpc) is 2.73. The predicted molar refractivity (Wildman–Crippen MR) is 106 cm³/mol. The molecule has 4 aromatic rings. The van der Waals surface area contributed by atoms with E-state index in [9.17, 15) is 9.18 Å². The van der Waals surface area contributed by atoms with Gasteiger partial charge in [-0.2, -0.15) is 0 Å². The summed E-state index contributed by atoms with van der Waals surface area (Å²) in [6.07, 6.45) is 2.61. The molecule has 0 aliphatic rings. The first-order chi connectivity index (χ1) is 13.3. The topological polar surface area (TPSA) is 42.0 Å². The number of rotatable bonds is 5. The van der Waals surface area contributed by atoms with Crippen LogP contribution in [0.25, 0.3) is 22.0 Å². The highest BCUT2D eigenvalue weighted by molar-refractivity contribution is 5.96. The fraction of sp³-hybridized carbons (Fsp3) is 0.0435. The van der Waals surface area contributed by atoms with E-state index in [4.69, 9.17) is 0 Å². The number of carbonyl (C=O) groups excluding carboxylic acids is 1. The van der Waals surface area contributed by atoms with Gasteiger partial charge in [0.1, 0.15) is 5.82 Å². The Morgan fingerprint density at radius 2 is 1.74 bits per heavy atom. The van der Waals surface area contributed by atoms with Crippen LogP contribution < -0.4 is 5.32 Å². The number of nitrogens with zero attached hydrogens (tertiary/aromatic N) is 1. The van der Waals surface area contributed by atoms with E-state index in [1.165, 1.54) is 12.1 Å². The van der Waals surface area contributed by atoms with Crippen molar-refractivity contribution in [2.45, 2.75) is 6.54 Å². The van der Waals surface area contributed by atoms with Gasteiger partial charge >= 0.3 is 0 Å². The molecule has 1 aromatic heterocycles. The molecule has 0 unspecified atom stereocenters. The average molecular weight is 356 g/mol. The van der Waals surface area contributed by atoms with Gasteiger partial charge in [-0.3, -0.25) is 9.78 Å². The molecule has 0 bridgehead atoms. The maximum Gasteiger partial charge on any atom is 0.152 e. The maximum atomic E-state index is 13.3. The molecule has 0 fully saturated rings. The van der Waals surface area contributed by atoms with Crippen LogP contribution in [0.15, 0.2) is 79.0 Å². The van der Waals surface area contributed by atoms with E-state index in [-0.39, 0.29) is 5.82 Å². The first-order valence-electron chi connectivity index (χ1n) is 8.67. The molecule has 0 aliphatic heterocycles. The first kappa shape index (κ1) is 16.9. The Morgan fingerprint density at radius 1 is 0.926 bits per heavy atom. The van der Waals surface area contributed by atoms with Gasteiger partial charge in [-0.05, 0) is 47.0 Å². The second kappa shape index (κ2) is 7.38. The van der Waals surface area contributed by atoms with Crippen LogP contribution in [-0.4, -0.2) is 11.3 Å². The van der Waals surface area contributed by atoms with Crippen molar-refractivity contribution in [3.05, 3.63) is 95.9 Å². The summed E-state index contributed by atoms with van der Waals surface area (Å²) < 4.78 is 13.3. The first-order valence-corrected chi connectivity index (χ1v) is 8.67. The molecule has 3 nitrogen and oxygen atoms in total. The molecule has 0 radical (unpaired) electrons. The number of hydrogen-bond acceptors (Lipinski definition) is 3. The molecular weight excluding hydrogens is 339 g/mol. The van der Waals surface area contributed by atoms with Crippen molar-refractivity contribution in [1.82, 2.24) is 4.98 Å². The van der Waals surface area contributed by atoms with Crippen molar-refractivity contribution in [3.63, 3.8) is 0 Å². The van der Waals surface area contributed by atoms with Gasteiger partial charge in [-0.1, -0.05) is 42.5 Å². The summed E-state index contributed by atoms with van der Waals surface area (Å²) in [6.45, 7) is 0.544. The lowest BCUT2D eigenvalue weighted by molar-refractivity contribution is 0.112. The van der Waals surface area contributed by atoms with Gasteiger partial charge in [0.15, 0.2) is 6.29 Å². The number of aromatic nitrogens is 1. The molecule has 1 heterocycles. The van der Waals surface area contributed by atoms with E-state index in [0.29, 0.717) is 12.1 Å². The van der Waals surface area contributed by atoms with Crippen molar-refractivity contribution in [2.24, 2.45) is 0 Å². The second-order valence-corrected chi connectivity index (χ2v) is 6.24. The molecular formula is C23H17FN2O. The fourth-order valence-corrected chi connectivity index (χ4v) is 3.21. The summed E-state index contributed by atoms with van der Waals surface area (Å²) in [5, 5.41) is 4.33. The van der Waals surface area contributed by atoms with Crippen molar-refractivity contribution < 1.29 is 9.18 Å². The highest BCUT2D eigenvalue weighted by Gasteiger charge is 2.09. The number of hydrogen-bond donors (Lipinski definition) is 1. The molecule has 0 saturated carbocycles. The largest absolute Gasteiger partial charge is 0.380 e. The highest BCUT2D eigenvalue weighted by atomic mass is 19.1. The third-order valence-corrected chi connectivity index (χ3v) is 4.57. The number of fused-ring (bicyclic) bond motifs is 1. The molecule has 4 heteroatoms. The molecule has 0 amide bonds. The Kier molecular flexibility index (Phi) is 4.62. The number of benzene rings is 3. The molecule has 132 valence electrons. The molecule has 3 aromatic carbocycles. The smallest absolute Gasteiger partial charge is 0.152 e. The Balaban J connectivity index is 1.72. The maximum absolute atomic E-state index is 13.3. The van der Waals surface area contributed by atoms with Crippen molar-refractivity contribution in [2.75, 3.05) is 5.32 Å². The Labute approximate surface area is 156 Å². The molecule has 0 saturated heterocycles. The van der Waals surface area contributed by atoms with Crippen LogP contribution in [0.1, 0.15) is 15.9 Å². The lowest BCUT2D eigenvalue weighted by atomic mass is 9.98. The van der Waals surface area contributed by atoms with E-state index < -0.39 is 0 Å². The van der Waals surface area contributed by atoms with Crippen LogP contribution in [0.2, 0.25) is 0 Å². The summed E-state index contributed by atoms with van der Waals surface area (Å²) in [7, 11) is 0. The lowest BCUT2D eigenvalue weighted by Gasteiger charge is -2.13. The van der Waals surface area contributed by atoms with Crippen LogP contribution in [0.3, 0.4) is 0 Å². The standard InChI is InChI=1S/C23H17FN2O/c24-19-10-7-16(8-11-19)20-12-9-17(23-21(20)5-3-13-25-23)14-26-22-6-2-1-4-18(22)15-27/h1-13,15,26H,14H2. The van der Waals surface area contributed by atoms with Crippen molar-refractivity contribution in [3.8, 4) is 11.1 Å². The van der Waals surface area contributed by atoms with E-state index in [2.05, 4.69) is 10.3 Å². The van der Waals surface area contributed by atoms with Crippen LogP contribution in [-0.2, 0) is 6.54 Å². The summed E-state index contributed by atoms with van der Waals surface area (Å²) in [5.74, 6) is -0.254. The SMILES string of the molecule is O=Cc1ccccc1NCc1ccc(-c2ccc(F)cc2)c2cccnc12. The number of nitrogens with one attached hydrogen (secondary N) is 1. The quantitative estimate of drug-likeness (QED) is 0.483. The van der Waals surface area contributed by atoms with Gasteiger partial charge in [0, 0.05) is 29.4 Å². The third kappa shape index (κ3) is 3.42. The molecule has 0 aliphatic carbocycles. The number of carbonyl (C=O) groups is 1. The van der Waals surface area contributed by atoms with Gasteiger partial charge in [-0.25, -0.2) is 4.39 Å². The molecule has 0 spiro atoms. The van der Waals surface area contributed by atoms with Gasteiger partial charge in [0.2, 0.25) is 0 Å². The van der Waals surface area contributed by atoms with Crippen LogP contribution in [0.4, 0.5) is 10.1 Å². The molecule has 27 heavy (non-hydrogen) atoms. The predicted octanol–water partition coefficient (Wildman–Crippen LogP) is 5.47. The summed E-state index contributed by atoms with van der Waals surface area (Å²) in [5.41, 5.74) is 5.28. The number of pyridine rings is 1. The molecule has 1 N–H and O–H groups in total. The number of halogens is 1. The van der Waals surface area contributed by atoms with Crippen molar-refractivity contribution >= 4 is 22.9 Å². The van der Waals surface area contributed by atoms with E-state index >= 15 is 0 Å². The van der Waals surface area contributed by atoms with Crippen LogP contribution >= 0.6 is 0 Å². The Hall–Kier alpha value is -3.53. The summed E-state index contributed by atoms with van der Waals surface area (Å²) in [6, 6.07) is 21.8. The Morgan fingerprint density at radius 3 is 2.56 bits per heavy atom. The van der Waals surface area contributed by atoms with Gasteiger partial charge in [0.05, 0.1) is 5.52 Å². The van der Waals surface area contributed by atoms with E-state index in [0.717, 1.165) is 39.6 Å². The number of para-hydroxylation sites is 1. The van der Waals surface area contributed by atoms with Crippen molar-refractivity contribution in [1.29, 1.82) is 0 Å². The van der Waals surface area contributed by atoms with Gasteiger partial charge in [-0.15, -0.1) is 0 Å². The number of anilines is 1. The normalized spacial score (nSPS) is 10.7. The van der Waals surface area contributed by atoms with Crippen LogP contribution in [0.5, 0.6) is 0 Å². The minimum absolute atomic E-state index is 0.254. The molecule has 4 rings (SSSR count). The zero-order valence-electron chi connectivity index (χ0n) is 14.5. The Bertz CT molecular complexity index is 1110. The summed E-state index contributed by atoms with van der Waals surface area (Å²) >= 11 is 0. The second-order valence-electron chi connectivity index (χ2n) is 6.24. The van der Waals surface area contributed by atoms with Crippen LogP contribution in [0, 0.1) is 5.82 Å². The van der Waals surface area contributed by atoms with Gasteiger partial charge < -0.3 is 5.32 Å². The fourth-order valence-electron chi connectivity index (χ4n) is 3.21. The van der Waals surface area contributed by atoms with E-state index in [1.54, 1.807) is 24.4 Å². The zero-order valence-corrected chi connectivity index (χ0v) is 14.5. The summed E-state index contributed by atoms with van der Waals surface area (Å²) in [4.78, 5) is 15.8. The highest BCUT2D eigenvalue weighted by Crippen LogP contribution is 2.30. The zero-order chi connectivity index (χ0) is 18.6. The molecule has 0 atom stereocenters. The lowest BCUT2D eigenvalue weighted by Crippen LogP contribution is -2.03. The van der Waals surface area contributed by atoms with E-state index in [1.807, 2.05) is 42.5 Å². The van der Waals surface area contributed by atoms with Gasteiger partial charge in [0.25, 0.3) is 0 Å². The minimum Gasteiger partial charge on any atom is -0.380 e. The number of aldehydes is 1. The third-order valence-electron chi connectivity index (χ3n) is 4.57. The minimum atomic E-state index is -0.254.